The standard InChI is InChI=1S/C10H9F3N2O/c1-15-8(16)3-5-2-6(14)4-7(9(5)15)10(11,12)13/h2,4H,3,14H2,1H3. The van der Waals surface area contributed by atoms with E-state index in [1.807, 2.05) is 0 Å². The molecule has 0 saturated heterocycles. The lowest BCUT2D eigenvalue weighted by Gasteiger charge is -2.17. The highest BCUT2D eigenvalue weighted by atomic mass is 19.4. The van der Waals surface area contributed by atoms with Crippen molar-refractivity contribution in [1.29, 1.82) is 0 Å². The molecule has 1 aromatic carbocycles. The molecule has 0 bridgehead atoms. The zero-order chi connectivity index (χ0) is 12.1. The van der Waals surface area contributed by atoms with Crippen LogP contribution < -0.4 is 10.6 Å². The number of anilines is 2. The van der Waals surface area contributed by atoms with Gasteiger partial charge in [-0.05, 0) is 17.7 Å². The van der Waals surface area contributed by atoms with Crippen molar-refractivity contribution in [2.75, 3.05) is 17.7 Å². The number of nitrogens with zero attached hydrogens (tertiary/aromatic N) is 1. The number of nitrogen functional groups attached to an aromatic ring is 1. The molecule has 1 aliphatic heterocycles. The lowest BCUT2D eigenvalue weighted by atomic mass is 10.1. The van der Waals surface area contributed by atoms with Crippen LogP contribution in [0.25, 0.3) is 0 Å². The second-order valence-corrected chi connectivity index (χ2v) is 3.70. The first-order valence-electron chi connectivity index (χ1n) is 4.57. The van der Waals surface area contributed by atoms with E-state index in [4.69, 9.17) is 5.73 Å². The fourth-order valence-corrected chi connectivity index (χ4v) is 1.87. The fourth-order valence-electron chi connectivity index (χ4n) is 1.87. The van der Waals surface area contributed by atoms with Crippen molar-refractivity contribution in [3.8, 4) is 0 Å². The van der Waals surface area contributed by atoms with E-state index in [1.165, 1.54) is 13.1 Å². The van der Waals surface area contributed by atoms with Crippen molar-refractivity contribution < 1.29 is 18.0 Å². The molecule has 0 aromatic heterocycles. The van der Waals surface area contributed by atoms with E-state index in [1.54, 1.807) is 0 Å². The number of amides is 1. The number of rotatable bonds is 0. The lowest BCUT2D eigenvalue weighted by Crippen LogP contribution is -2.23. The van der Waals surface area contributed by atoms with E-state index in [2.05, 4.69) is 0 Å². The Morgan fingerprint density at radius 2 is 2.00 bits per heavy atom. The Labute approximate surface area is 89.6 Å². The predicted octanol–water partition coefficient (Wildman–Crippen LogP) is 1.81. The Hall–Kier alpha value is -1.72. The molecule has 1 amide bonds. The van der Waals surface area contributed by atoms with Crippen LogP contribution in [0, 0.1) is 0 Å². The molecule has 0 aliphatic carbocycles. The minimum atomic E-state index is -4.50. The van der Waals surface area contributed by atoms with Crippen molar-refractivity contribution in [2.24, 2.45) is 0 Å². The van der Waals surface area contributed by atoms with E-state index >= 15 is 0 Å². The third-order valence-electron chi connectivity index (χ3n) is 2.57. The molecule has 0 saturated carbocycles. The van der Waals surface area contributed by atoms with E-state index in [0.717, 1.165) is 11.0 Å². The summed E-state index contributed by atoms with van der Waals surface area (Å²) in [6.07, 6.45) is -4.53. The van der Waals surface area contributed by atoms with Crippen LogP contribution in [0.15, 0.2) is 12.1 Å². The highest BCUT2D eigenvalue weighted by Crippen LogP contribution is 2.42. The highest BCUT2D eigenvalue weighted by Gasteiger charge is 2.39. The molecule has 2 N–H and O–H groups in total. The molecule has 2 rings (SSSR count). The first kappa shape index (κ1) is 10.8. The SMILES string of the molecule is CN1C(=O)Cc2cc(N)cc(C(F)(F)F)c21. The first-order chi connectivity index (χ1) is 7.30. The van der Waals surface area contributed by atoms with Gasteiger partial charge < -0.3 is 10.6 Å². The number of fused-ring (bicyclic) bond motifs is 1. The second-order valence-electron chi connectivity index (χ2n) is 3.70. The molecule has 0 atom stereocenters. The third-order valence-corrected chi connectivity index (χ3v) is 2.57. The van der Waals surface area contributed by atoms with Gasteiger partial charge in [0.1, 0.15) is 0 Å². The molecular formula is C10H9F3N2O. The van der Waals surface area contributed by atoms with Gasteiger partial charge in [0, 0.05) is 12.7 Å². The molecule has 1 aromatic rings. The Bertz CT molecular complexity index is 468. The van der Waals surface area contributed by atoms with Crippen LogP contribution in [0.4, 0.5) is 24.5 Å². The van der Waals surface area contributed by atoms with Gasteiger partial charge in [-0.2, -0.15) is 13.2 Å². The molecule has 86 valence electrons. The van der Waals surface area contributed by atoms with Gasteiger partial charge in [0.2, 0.25) is 5.91 Å². The largest absolute Gasteiger partial charge is 0.418 e. The Morgan fingerprint density at radius 1 is 1.38 bits per heavy atom. The number of carbonyl (C=O) groups is 1. The average Bonchev–Trinajstić information content (AvgIpc) is 2.39. The number of hydrogen-bond acceptors (Lipinski definition) is 2. The summed E-state index contributed by atoms with van der Waals surface area (Å²) in [7, 11) is 1.33. The normalized spacial score (nSPS) is 15.5. The van der Waals surface area contributed by atoms with Crippen LogP contribution in [0.1, 0.15) is 11.1 Å². The number of nitrogens with two attached hydrogens (primary N) is 1. The maximum atomic E-state index is 12.7. The number of likely N-dealkylation sites (N-methyl/N-ethyl adjacent to an activating group) is 1. The molecule has 16 heavy (non-hydrogen) atoms. The van der Waals surface area contributed by atoms with Gasteiger partial charge in [-0.3, -0.25) is 4.79 Å². The second kappa shape index (κ2) is 3.13. The summed E-state index contributed by atoms with van der Waals surface area (Å²) < 4.78 is 38.2. The maximum Gasteiger partial charge on any atom is 0.418 e. The Kier molecular flexibility index (Phi) is 2.11. The molecule has 1 heterocycles. The molecule has 0 radical (unpaired) electrons. The molecule has 6 heteroatoms. The topological polar surface area (TPSA) is 46.3 Å². The van der Waals surface area contributed by atoms with Gasteiger partial charge in [0.05, 0.1) is 17.7 Å². The van der Waals surface area contributed by atoms with Gasteiger partial charge >= 0.3 is 6.18 Å². The molecule has 1 aliphatic rings. The van der Waals surface area contributed by atoms with Crippen molar-refractivity contribution >= 4 is 17.3 Å². The average molecular weight is 230 g/mol. The zero-order valence-corrected chi connectivity index (χ0v) is 8.43. The summed E-state index contributed by atoms with van der Waals surface area (Å²) in [5.41, 5.74) is 4.82. The summed E-state index contributed by atoms with van der Waals surface area (Å²) in [5, 5.41) is 0. The van der Waals surface area contributed by atoms with Crippen molar-refractivity contribution in [3.05, 3.63) is 23.3 Å². The molecule has 0 fully saturated rings. The van der Waals surface area contributed by atoms with Crippen LogP contribution in [-0.4, -0.2) is 13.0 Å². The number of carbonyl (C=O) groups excluding carboxylic acids is 1. The van der Waals surface area contributed by atoms with E-state index in [0.29, 0.717) is 5.56 Å². The van der Waals surface area contributed by atoms with Gasteiger partial charge in [-0.1, -0.05) is 0 Å². The van der Waals surface area contributed by atoms with Crippen LogP contribution in [-0.2, 0) is 17.4 Å². The molecule has 0 unspecified atom stereocenters. The first-order valence-corrected chi connectivity index (χ1v) is 4.57. The van der Waals surface area contributed by atoms with E-state index in [9.17, 15) is 18.0 Å². The number of alkyl halides is 3. The van der Waals surface area contributed by atoms with Crippen LogP contribution in [0.3, 0.4) is 0 Å². The minimum Gasteiger partial charge on any atom is -0.399 e. The van der Waals surface area contributed by atoms with E-state index in [-0.39, 0.29) is 23.7 Å². The number of benzene rings is 1. The lowest BCUT2D eigenvalue weighted by molar-refractivity contribution is -0.137. The summed E-state index contributed by atoms with van der Waals surface area (Å²) in [6.45, 7) is 0. The highest BCUT2D eigenvalue weighted by molar-refractivity contribution is 6.02. The third kappa shape index (κ3) is 1.50. The number of hydrogen-bond donors (Lipinski definition) is 1. The monoisotopic (exact) mass is 230 g/mol. The van der Waals surface area contributed by atoms with Crippen molar-refractivity contribution in [3.63, 3.8) is 0 Å². The fraction of sp³-hybridized carbons (Fsp3) is 0.300. The smallest absolute Gasteiger partial charge is 0.399 e. The quantitative estimate of drug-likeness (QED) is 0.691. The van der Waals surface area contributed by atoms with Crippen molar-refractivity contribution in [2.45, 2.75) is 12.6 Å². The van der Waals surface area contributed by atoms with Gasteiger partial charge in [0.15, 0.2) is 0 Å². The van der Waals surface area contributed by atoms with Gasteiger partial charge in [-0.25, -0.2) is 0 Å². The summed E-state index contributed by atoms with van der Waals surface area (Å²) in [6, 6.07) is 2.26. The zero-order valence-electron chi connectivity index (χ0n) is 8.43. The minimum absolute atomic E-state index is 0.0224. The molecular weight excluding hydrogens is 221 g/mol. The summed E-state index contributed by atoms with van der Waals surface area (Å²) >= 11 is 0. The van der Waals surface area contributed by atoms with Crippen LogP contribution in [0.5, 0.6) is 0 Å². The van der Waals surface area contributed by atoms with Gasteiger partial charge in [0.25, 0.3) is 0 Å². The number of halogens is 3. The van der Waals surface area contributed by atoms with Crippen molar-refractivity contribution in [1.82, 2.24) is 0 Å². The van der Waals surface area contributed by atoms with Crippen LogP contribution >= 0.6 is 0 Å². The van der Waals surface area contributed by atoms with Gasteiger partial charge in [-0.15, -0.1) is 0 Å². The maximum absolute atomic E-state index is 12.7. The Morgan fingerprint density at radius 3 is 2.56 bits per heavy atom. The van der Waals surface area contributed by atoms with E-state index < -0.39 is 11.7 Å². The Balaban J connectivity index is 2.68. The van der Waals surface area contributed by atoms with Crippen LogP contribution in [0.2, 0.25) is 0 Å². The predicted molar refractivity (Wildman–Crippen MR) is 53.0 cm³/mol. The molecule has 0 spiro atoms. The summed E-state index contributed by atoms with van der Waals surface area (Å²) in [5.74, 6) is -0.355. The molecule has 3 nitrogen and oxygen atoms in total. The summed E-state index contributed by atoms with van der Waals surface area (Å²) in [4.78, 5) is 12.4.